The number of nitrogen functional groups attached to an aromatic ring is 1. The van der Waals surface area contributed by atoms with E-state index in [1.54, 1.807) is 19.2 Å². The van der Waals surface area contributed by atoms with Crippen molar-refractivity contribution in [3.8, 4) is 28.1 Å². The van der Waals surface area contributed by atoms with Gasteiger partial charge in [0.1, 0.15) is 23.5 Å². The molecule has 1 aliphatic heterocycles. The van der Waals surface area contributed by atoms with Gasteiger partial charge >= 0.3 is 0 Å². The van der Waals surface area contributed by atoms with Gasteiger partial charge < -0.3 is 19.9 Å². The number of ether oxygens (including phenoxy) is 1. The highest BCUT2D eigenvalue weighted by atomic mass is 35.5. The number of nitrogens with two attached hydrogens (primary N) is 1. The van der Waals surface area contributed by atoms with E-state index in [9.17, 15) is 4.79 Å². The summed E-state index contributed by atoms with van der Waals surface area (Å²) < 4.78 is 9.39. The minimum Gasteiger partial charge on any atom is -0.495 e. The fraction of sp³-hybridized carbons (Fsp3) is 0.280. The van der Waals surface area contributed by atoms with Crippen molar-refractivity contribution in [3.05, 3.63) is 53.6 Å². The molecule has 0 saturated carbocycles. The van der Waals surface area contributed by atoms with E-state index in [0.29, 0.717) is 51.3 Å². The quantitative estimate of drug-likeness (QED) is 0.377. The Labute approximate surface area is 218 Å². The summed E-state index contributed by atoms with van der Waals surface area (Å²) >= 11 is 13.0. The van der Waals surface area contributed by atoms with Crippen molar-refractivity contribution in [1.82, 2.24) is 29.2 Å². The zero-order valence-electron chi connectivity index (χ0n) is 19.9. The number of carbonyl (C=O) groups is 1. The van der Waals surface area contributed by atoms with Crippen LogP contribution < -0.4 is 10.5 Å². The smallest absolute Gasteiger partial charge is 0.245 e. The molecule has 9 nitrogen and oxygen atoms in total. The molecule has 0 aliphatic carbocycles. The Morgan fingerprint density at radius 1 is 1.22 bits per heavy atom. The number of hydrogen-bond donors (Lipinski definition) is 1. The fourth-order valence-corrected chi connectivity index (χ4v) is 5.45. The Morgan fingerprint density at radius 3 is 2.67 bits per heavy atom. The maximum absolute atomic E-state index is 11.9. The number of methoxy groups -OCH3 is 1. The summed E-state index contributed by atoms with van der Waals surface area (Å²) in [4.78, 5) is 22.5. The van der Waals surface area contributed by atoms with E-state index in [1.807, 2.05) is 33.6 Å². The molecule has 2 N–H and O–H groups in total. The van der Waals surface area contributed by atoms with Crippen LogP contribution in [0.1, 0.15) is 18.9 Å². The van der Waals surface area contributed by atoms with Crippen LogP contribution in [0.25, 0.3) is 33.4 Å². The average molecular weight is 526 g/mol. The molecule has 3 aromatic heterocycles. The number of aromatic nitrogens is 5. The number of piperidine rings is 1. The summed E-state index contributed by atoms with van der Waals surface area (Å²) in [6.45, 7) is 4.91. The Hall–Kier alpha value is -3.56. The third kappa shape index (κ3) is 3.98. The molecule has 1 saturated heterocycles. The first-order chi connectivity index (χ1) is 17.3. The van der Waals surface area contributed by atoms with Crippen LogP contribution in [0.5, 0.6) is 5.75 Å². The molecule has 0 unspecified atom stereocenters. The molecule has 186 valence electrons. The number of aryl methyl sites for hydroxylation is 1. The first-order valence-corrected chi connectivity index (χ1v) is 12.2. The summed E-state index contributed by atoms with van der Waals surface area (Å²) in [5, 5.41) is 6.22. The molecule has 4 heterocycles. The number of hydrogen-bond acceptors (Lipinski definition) is 6. The maximum atomic E-state index is 11.9. The van der Waals surface area contributed by atoms with Gasteiger partial charge in [0.2, 0.25) is 5.91 Å². The van der Waals surface area contributed by atoms with E-state index in [0.717, 1.165) is 29.7 Å². The number of anilines is 1. The lowest BCUT2D eigenvalue weighted by atomic mass is 9.99. The molecular weight excluding hydrogens is 501 g/mol. The zero-order valence-corrected chi connectivity index (χ0v) is 21.4. The molecule has 0 spiro atoms. The van der Waals surface area contributed by atoms with E-state index in [1.165, 1.54) is 12.4 Å². The molecule has 0 bridgehead atoms. The van der Waals surface area contributed by atoms with Gasteiger partial charge in [0.15, 0.2) is 0 Å². The predicted octanol–water partition coefficient (Wildman–Crippen LogP) is 4.75. The molecular formula is C25H25Cl2N7O2. The summed E-state index contributed by atoms with van der Waals surface area (Å²) in [5.74, 6) is 0.795. The highest BCUT2D eigenvalue weighted by Gasteiger charge is 2.27. The van der Waals surface area contributed by atoms with Gasteiger partial charge in [0.05, 0.1) is 40.5 Å². The minimum atomic E-state index is -0.0382. The van der Waals surface area contributed by atoms with Crippen LogP contribution in [0.3, 0.4) is 0 Å². The van der Waals surface area contributed by atoms with Crippen LogP contribution >= 0.6 is 23.2 Å². The summed E-state index contributed by atoms with van der Waals surface area (Å²) in [5.41, 5.74) is 10.2. The average Bonchev–Trinajstić information content (AvgIpc) is 3.47. The summed E-state index contributed by atoms with van der Waals surface area (Å²) in [7, 11) is 3.48. The third-order valence-electron chi connectivity index (χ3n) is 6.71. The lowest BCUT2D eigenvalue weighted by molar-refractivity contribution is -0.127. The van der Waals surface area contributed by atoms with Gasteiger partial charge in [-0.05, 0) is 31.1 Å². The highest BCUT2D eigenvalue weighted by molar-refractivity contribution is 6.38. The minimum absolute atomic E-state index is 0.0382. The molecule has 1 aliphatic rings. The number of halogens is 2. The number of rotatable bonds is 5. The van der Waals surface area contributed by atoms with E-state index in [2.05, 4.69) is 21.6 Å². The second-order valence-electron chi connectivity index (χ2n) is 8.68. The second kappa shape index (κ2) is 9.48. The molecule has 0 radical (unpaired) electrons. The lowest BCUT2D eigenvalue weighted by Crippen LogP contribution is -2.38. The first kappa shape index (κ1) is 24.1. The third-order valence-corrected chi connectivity index (χ3v) is 7.32. The Morgan fingerprint density at radius 2 is 1.97 bits per heavy atom. The van der Waals surface area contributed by atoms with Crippen LogP contribution in [-0.2, 0) is 11.8 Å². The Kier molecular flexibility index (Phi) is 6.36. The van der Waals surface area contributed by atoms with Gasteiger partial charge in [-0.15, -0.1) is 0 Å². The van der Waals surface area contributed by atoms with Crippen LogP contribution in [0, 0.1) is 0 Å². The van der Waals surface area contributed by atoms with Crippen molar-refractivity contribution in [2.75, 3.05) is 25.9 Å². The van der Waals surface area contributed by atoms with Crippen molar-refractivity contribution in [1.29, 1.82) is 0 Å². The predicted molar refractivity (Wildman–Crippen MR) is 141 cm³/mol. The van der Waals surface area contributed by atoms with Crippen molar-refractivity contribution in [3.63, 3.8) is 0 Å². The molecule has 11 heteroatoms. The molecule has 1 fully saturated rings. The molecule has 4 aromatic rings. The normalized spacial score (nSPS) is 14.4. The van der Waals surface area contributed by atoms with Crippen molar-refractivity contribution in [2.24, 2.45) is 7.05 Å². The van der Waals surface area contributed by atoms with E-state index in [-0.39, 0.29) is 11.9 Å². The van der Waals surface area contributed by atoms with Crippen molar-refractivity contribution in [2.45, 2.75) is 18.9 Å². The first-order valence-electron chi connectivity index (χ1n) is 11.4. The van der Waals surface area contributed by atoms with E-state index < -0.39 is 0 Å². The second-order valence-corrected chi connectivity index (χ2v) is 9.49. The molecule has 36 heavy (non-hydrogen) atoms. The van der Waals surface area contributed by atoms with Crippen LogP contribution in [-0.4, -0.2) is 55.3 Å². The number of nitrogens with zero attached hydrogens (tertiary/aromatic N) is 6. The lowest BCUT2D eigenvalue weighted by Gasteiger charge is -2.31. The van der Waals surface area contributed by atoms with Gasteiger partial charge in [-0.2, -0.15) is 5.10 Å². The van der Waals surface area contributed by atoms with E-state index >= 15 is 0 Å². The molecule has 0 atom stereocenters. The number of carbonyl (C=O) groups excluding carboxylic acids is 1. The number of benzene rings is 1. The van der Waals surface area contributed by atoms with Gasteiger partial charge in [0.25, 0.3) is 0 Å². The van der Waals surface area contributed by atoms with Gasteiger partial charge in [-0.25, -0.2) is 9.97 Å². The maximum Gasteiger partial charge on any atom is 0.245 e. The van der Waals surface area contributed by atoms with Crippen LogP contribution in [0.4, 0.5) is 5.82 Å². The SMILES string of the molecule is C=CC(=O)N1CCC(n2cc(-c3c(-c4cc(OC)c(Cl)cc4Cl)c4c(N)ncnc4n3C)cn2)CC1. The highest BCUT2D eigenvalue weighted by Crippen LogP contribution is 2.46. The number of likely N-dealkylation sites (tertiary alicyclic amines) is 1. The van der Waals surface area contributed by atoms with Crippen molar-refractivity contribution >= 4 is 46.0 Å². The zero-order chi connectivity index (χ0) is 25.6. The number of fused-ring (bicyclic) bond motifs is 1. The van der Waals surface area contributed by atoms with Crippen LogP contribution in [0.15, 0.2) is 43.5 Å². The van der Waals surface area contributed by atoms with Gasteiger partial charge in [-0.3, -0.25) is 9.48 Å². The Bertz CT molecular complexity index is 1490. The van der Waals surface area contributed by atoms with Gasteiger partial charge in [-0.1, -0.05) is 29.8 Å². The largest absolute Gasteiger partial charge is 0.495 e. The molecule has 5 rings (SSSR count). The fourth-order valence-electron chi connectivity index (χ4n) is 4.89. The topological polar surface area (TPSA) is 104 Å². The standard InChI is InChI=1S/C25H25Cl2N7O2/c1-4-20(35)33-7-5-15(6-8-33)34-12-14(11-31-34)23-21(16-9-19(36-3)18(27)10-17(16)26)22-24(28)29-13-30-25(22)32(23)2/h4,9-13,15H,1,5-8H2,2-3H3,(H2,28,29,30). The van der Waals surface area contributed by atoms with E-state index in [4.69, 9.17) is 33.7 Å². The molecule has 1 aromatic carbocycles. The van der Waals surface area contributed by atoms with Crippen molar-refractivity contribution < 1.29 is 9.53 Å². The van der Waals surface area contributed by atoms with Crippen LogP contribution in [0.2, 0.25) is 10.0 Å². The summed E-state index contributed by atoms with van der Waals surface area (Å²) in [6, 6.07) is 3.63. The number of amides is 1. The van der Waals surface area contributed by atoms with Gasteiger partial charge in [0, 0.05) is 43.0 Å². The monoisotopic (exact) mass is 525 g/mol. The Balaban J connectivity index is 1.63. The molecule has 1 amide bonds. The summed E-state index contributed by atoms with van der Waals surface area (Å²) in [6.07, 6.45) is 8.25.